The van der Waals surface area contributed by atoms with Crippen molar-refractivity contribution in [3.63, 3.8) is 0 Å². The Kier molecular flexibility index (Phi) is 10.5. The molecule has 0 saturated carbocycles. The Bertz CT molecular complexity index is 1710. The van der Waals surface area contributed by atoms with Gasteiger partial charge in [0.25, 0.3) is 0 Å². The molecule has 0 fully saturated rings. The Morgan fingerprint density at radius 1 is 0.915 bits per heavy atom. The highest BCUT2D eigenvalue weighted by molar-refractivity contribution is 7.59. The van der Waals surface area contributed by atoms with Gasteiger partial charge in [0.05, 0.1) is 16.7 Å². The maximum atomic E-state index is 11.4. The van der Waals surface area contributed by atoms with Crippen molar-refractivity contribution < 1.29 is 27.5 Å². The topological polar surface area (TPSA) is 109 Å². The molecule has 2 N–H and O–H groups in total. The van der Waals surface area contributed by atoms with Gasteiger partial charge in [-0.2, -0.15) is 0 Å². The minimum absolute atomic E-state index is 0.0417. The number of unbranched alkanes of at least 4 members (excludes halogenated alkanes) is 1. The van der Waals surface area contributed by atoms with Gasteiger partial charge in [-0.15, -0.1) is 12.6 Å². The number of nitrogens with one attached hydrogen (secondary N) is 1. The Hall–Kier alpha value is -3.46. The van der Waals surface area contributed by atoms with Crippen LogP contribution in [0.15, 0.2) is 30.3 Å². The van der Waals surface area contributed by atoms with E-state index in [1.807, 2.05) is 0 Å². The van der Waals surface area contributed by atoms with E-state index in [1.54, 1.807) is 0 Å². The molecular formula is C38H54N3O5S+. The molecule has 9 heteroatoms. The molecule has 0 bridgehead atoms. The molecule has 3 aliphatic rings. The molecule has 5 rings (SSSR count). The fourth-order valence-corrected chi connectivity index (χ4v) is 8.36. The summed E-state index contributed by atoms with van der Waals surface area (Å²) in [6, 6.07) is 9.92. The Morgan fingerprint density at radius 3 is 2.09 bits per heavy atom. The van der Waals surface area contributed by atoms with Crippen molar-refractivity contribution in [3.05, 3.63) is 63.7 Å². The van der Waals surface area contributed by atoms with E-state index in [0.29, 0.717) is 12.3 Å². The number of carbonyl (C=O) groups is 1. The standard InChI is InChI=1S/C38H53N3O2.O3S/c1-11-13-16-39-35-28-18-26-24(3)22-36(5,6)40(12-2)32(26)20-30(28)38(9,10)31-21-33-27(19-29(31)35)25(4)23-37(7,8)41(33)17-14-15-34(42)43;1-4(2)3/h18-22,25H,11-17,23H2,1-10H3,(H,42,43);/p+1. The van der Waals surface area contributed by atoms with Gasteiger partial charge in [-0.3, -0.25) is 4.79 Å². The normalized spacial score (nSPS) is 20.6. The van der Waals surface area contributed by atoms with Crippen LogP contribution in [-0.4, -0.2) is 60.1 Å². The lowest BCUT2D eigenvalue weighted by atomic mass is 9.65. The highest BCUT2D eigenvalue weighted by Gasteiger charge is 2.44. The number of carboxylic acid groups (broad SMARTS) is 1. The van der Waals surface area contributed by atoms with E-state index in [9.17, 15) is 9.90 Å². The predicted molar refractivity (Wildman–Crippen MR) is 191 cm³/mol. The number of benzene rings is 2. The average molecular weight is 665 g/mol. The smallest absolute Gasteiger partial charge is 0.425 e. The molecule has 2 heterocycles. The summed E-state index contributed by atoms with van der Waals surface area (Å²) in [6.07, 6.45) is 6.60. The number of likely N-dealkylation sites (N-methyl/N-ethyl adjacent to an activating group) is 1. The average Bonchev–Trinajstić information content (AvgIpc) is 2.94. The molecule has 1 unspecified atom stereocenters. The van der Waals surface area contributed by atoms with Gasteiger partial charge in [0.1, 0.15) is 6.54 Å². The van der Waals surface area contributed by atoms with E-state index in [4.69, 9.17) is 12.6 Å². The summed E-state index contributed by atoms with van der Waals surface area (Å²) in [6.45, 7) is 25.9. The third kappa shape index (κ3) is 7.06. The number of rotatable bonds is 8. The minimum atomic E-state index is -3.11. The summed E-state index contributed by atoms with van der Waals surface area (Å²) >= 11 is 0. The van der Waals surface area contributed by atoms with Crippen molar-refractivity contribution in [3.8, 4) is 0 Å². The molecule has 0 amide bonds. The van der Waals surface area contributed by atoms with Crippen LogP contribution in [0, 0.1) is 0 Å². The summed E-state index contributed by atoms with van der Waals surface area (Å²) in [7, 11) is -3.11. The fraction of sp³-hybridized carbons (Fsp3) is 0.579. The van der Waals surface area contributed by atoms with E-state index < -0.39 is 16.6 Å². The van der Waals surface area contributed by atoms with Crippen molar-refractivity contribution in [2.45, 2.75) is 124 Å². The lowest BCUT2D eigenvalue weighted by Gasteiger charge is -2.49. The monoisotopic (exact) mass is 664 g/mol. The summed E-state index contributed by atoms with van der Waals surface area (Å²) in [5.74, 6) is -0.303. The van der Waals surface area contributed by atoms with Crippen molar-refractivity contribution >= 4 is 39.2 Å². The molecule has 1 aliphatic carbocycles. The van der Waals surface area contributed by atoms with Gasteiger partial charge in [0.15, 0.2) is 0 Å². The molecule has 8 nitrogen and oxygen atoms in total. The van der Waals surface area contributed by atoms with Crippen LogP contribution in [-0.2, 0) is 20.8 Å². The van der Waals surface area contributed by atoms with Crippen LogP contribution >= 0.6 is 0 Å². The second-order valence-electron chi connectivity index (χ2n) is 15.1. The summed E-state index contributed by atoms with van der Waals surface area (Å²) in [5.41, 5.74) is 13.1. The second kappa shape index (κ2) is 13.6. The summed E-state index contributed by atoms with van der Waals surface area (Å²) in [4.78, 5) is 20.4. The van der Waals surface area contributed by atoms with Crippen molar-refractivity contribution in [2.24, 2.45) is 0 Å². The van der Waals surface area contributed by atoms with E-state index in [1.165, 1.54) is 56.0 Å². The number of anilines is 2. The number of nitrogens with zero attached hydrogens (tertiary/aromatic N) is 2. The zero-order valence-electron chi connectivity index (χ0n) is 30.0. The molecule has 0 aromatic heterocycles. The zero-order chi connectivity index (χ0) is 35.1. The van der Waals surface area contributed by atoms with Crippen LogP contribution in [0.25, 0.3) is 5.57 Å². The number of carboxylic acids is 1. The van der Waals surface area contributed by atoms with Gasteiger partial charge in [0.2, 0.25) is 5.71 Å². The maximum absolute atomic E-state index is 11.4. The molecule has 2 aliphatic heterocycles. The molecular weight excluding hydrogens is 611 g/mol. The van der Waals surface area contributed by atoms with E-state index in [-0.39, 0.29) is 22.9 Å². The first-order valence-electron chi connectivity index (χ1n) is 17.1. The molecule has 1 atom stereocenters. The highest BCUT2D eigenvalue weighted by Crippen LogP contribution is 2.51. The van der Waals surface area contributed by atoms with Crippen LogP contribution in [0.2, 0.25) is 0 Å². The van der Waals surface area contributed by atoms with Crippen LogP contribution < -0.4 is 14.8 Å². The summed E-state index contributed by atoms with van der Waals surface area (Å²) in [5, 5.41) is 9.38. The molecule has 256 valence electrons. The molecule has 0 saturated heterocycles. The van der Waals surface area contributed by atoms with Crippen LogP contribution in [0.3, 0.4) is 0 Å². The Labute approximate surface area is 283 Å². The predicted octanol–water partition coefficient (Wildman–Crippen LogP) is 6.02. The lowest BCUT2D eigenvalue weighted by molar-refractivity contribution is -0.456. The van der Waals surface area contributed by atoms with Crippen LogP contribution in [0.5, 0.6) is 0 Å². The summed E-state index contributed by atoms with van der Waals surface area (Å²) < 4.78 is 25.3. The first-order valence-corrected chi connectivity index (χ1v) is 18.1. The van der Waals surface area contributed by atoms with Gasteiger partial charge >= 0.3 is 16.6 Å². The van der Waals surface area contributed by atoms with Gasteiger partial charge in [0, 0.05) is 53.8 Å². The van der Waals surface area contributed by atoms with E-state index in [0.717, 1.165) is 38.9 Å². The van der Waals surface area contributed by atoms with Crippen LogP contribution in [0.4, 0.5) is 11.4 Å². The van der Waals surface area contributed by atoms with E-state index >= 15 is 0 Å². The Morgan fingerprint density at radius 2 is 1.51 bits per heavy atom. The SMILES string of the molecule is CCCC[NH+]=C1c2cc3c(cc2C(C)(C)c2cc4c(cc21)C(C)CC(C)(C)N4CCCC(=O)O)N(CC)C(C)(C)C=C3C.O=S(=O)=O. The first-order chi connectivity index (χ1) is 21.9. The quantitative estimate of drug-likeness (QED) is 0.333. The largest absolute Gasteiger partial charge is 0.481 e. The van der Waals surface area contributed by atoms with Gasteiger partial charge in [-0.25, -0.2) is 4.99 Å². The molecule has 0 radical (unpaired) electrons. The molecule has 47 heavy (non-hydrogen) atoms. The third-order valence-corrected chi connectivity index (χ3v) is 10.4. The number of hydrogen-bond donors (Lipinski definition) is 2. The van der Waals surface area contributed by atoms with Crippen molar-refractivity contribution in [2.75, 3.05) is 29.4 Å². The van der Waals surface area contributed by atoms with E-state index in [2.05, 4.69) is 114 Å². The molecule has 2 aromatic rings. The van der Waals surface area contributed by atoms with Gasteiger partial charge in [-0.1, -0.05) is 40.2 Å². The van der Waals surface area contributed by atoms with Crippen LogP contribution in [0.1, 0.15) is 141 Å². The number of hydrogen-bond acceptors (Lipinski definition) is 6. The lowest BCUT2D eigenvalue weighted by Crippen LogP contribution is -2.74. The van der Waals surface area contributed by atoms with Crippen molar-refractivity contribution in [1.82, 2.24) is 0 Å². The number of allylic oxidation sites excluding steroid dienone is 1. The number of fused-ring (bicyclic) bond motifs is 4. The first kappa shape index (κ1) is 36.4. The fourth-order valence-electron chi connectivity index (χ4n) is 8.36. The van der Waals surface area contributed by atoms with Crippen molar-refractivity contribution in [1.29, 1.82) is 0 Å². The minimum Gasteiger partial charge on any atom is -0.481 e. The molecule has 2 aromatic carbocycles. The van der Waals surface area contributed by atoms with Gasteiger partial charge in [-0.05, 0) is 107 Å². The highest BCUT2D eigenvalue weighted by atomic mass is 32.2. The third-order valence-electron chi connectivity index (χ3n) is 10.4. The zero-order valence-corrected chi connectivity index (χ0v) is 30.8. The van der Waals surface area contributed by atoms with Gasteiger partial charge < -0.3 is 14.9 Å². The molecule has 0 spiro atoms. The second-order valence-corrected chi connectivity index (χ2v) is 15.6. The Balaban J connectivity index is 0.00000118. The number of aliphatic carboxylic acids is 1. The maximum Gasteiger partial charge on any atom is 0.425 e.